The van der Waals surface area contributed by atoms with Crippen molar-refractivity contribution in [2.45, 2.75) is 19.4 Å². The van der Waals surface area contributed by atoms with E-state index in [1.165, 1.54) is 6.07 Å². The van der Waals surface area contributed by atoms with Gasteiger partial charge in [-0.2, -0.15) is 0 Å². The Morgan fingerprint density at radius 1 is 1.13 bits per heavy atom. The topological polar surface area (TPSA) is 90.1 Å². The molecule has 1 saturated heterocycles. The van der Waals surface area contributed by atoms with Gasteiger partial charge in [0.2, 0.25) is 0 Å². The van der Waals surface area contributed by atoms with Gasteiger partial charge in [-0.1, -0.05) is 23.2 Å². The number of amides is 2. The zero-order chi connectivity index (χ0) is 22.0. The SMILES string of the molecule is CC(NC(=O)c1ccc(C(=O)N2CCCNCC2)c(Cl)c1)c1nc2ccc(Cl)cc2[nH]1. The predicted octanol–water partition coefficient (Wildman–Crippen LogP) is 3.80. The maximum Gasteiger partial charge on any atom is 0.255 e. The van der Waals surface area contributed by atoms with Crippen molar-refractivity contribution in [2.24, 2.45) is 0 Å². The van der Waals surface area contributed by atoms with Crippen LogP contribution in [0.5, 0.6) is 0 Å². The molecule has 1 fully saturated rings. The minimum absolute atomic E-state index is 0.116. The Morgan fingerprint density at radius 3 is 2.77 bits per heavy atom. The molecule has 0 saturated carbocycles. The summed E-state index contributed by atoms with van der Waals surface area (Å²) < 4.78 is 0. The van der Waals surface area contributed by atoms with E-state index in [1.807, 2.05) is 13.0 Å². The summed E-state index contributed by atoms with van der Waals surface area (Å²) in [7, 11) is 0. The molecule has 0 bridgehead atoms. The number of aromatic nitrogens is 2. The minimum Gasteiger partial charge on any atom is -0.342 e. The van der Waals surface area contributed by atoms with Crippen LogP contribution in [-0.4, -0.2) is 52.9 Å². The van der Waals surface area contributed by atoms with Gasteiger partial charge in [0.1, 0.15) is 5.82 Å². The molecule has 31 heavy (non-hydrogen) atoms. The molecule has 0 spiro atoms. The number of nitrogens with one attached hydrogen (secondary N) is 3. The molecule has 1 aromatic heterocycles. The number of carbonyl (C=O) groups is 2. The average Bonchev–Trinajstić information content (AvgIpc) is 2.98. The summed E-state index contributed by atoms with van der Waals surface area (Å²) in [6.07, 6.45) is 0.899. The molecular formula is C22H23Cl2N5O2. The molecule has 1 aliphatic rings. The van der Waals surface area contributed by atoms with Gasteiger partial charge in [0, 0.05) is 30.2 Å². The third-order valence-corrected chi connectivity index (χ3v) is 5.86. The third kappa shape index (κ3) is 4.84. The molecule has 162 valence electrons. The quantitative estimate of drug-likeness (QED) is 0.553. The first-order valence-corrected chi connectivity index (χ1v) is 10.9. The lowest BCUT2D eigenvalue weighted by atomic mass is 10.1. The number of H-pyrrole nitrogens is 1. The summed E-state index contributed by atoms with van der Waals surface area (Å²) in [5.41, 5.74) is 2.36. The van der Waals surface area contributed by atoms with Gasteiger partial charge in [-0.3, -0.25) is 9.59 Å². The Morgan fingerprint density at radius 2 is 1.97 bits per heavy atom. The molecule has 2 aromatic carbocycles. The van der Waals surface area contributed by atoms with Gasteiger partial charge >= 0.3 is 0 Å². The van der Waals surface area contributed by atoms with Crippen LogP contribution in [0.15, 0.2) is 36.4 Å². The highest BCUT2D eigenvalue weighted by Gasteiger charge is 2.21. The van der Waals surface area contributed by atoms with Gasteiger partial charge in [-0.15, -0.1) is 0 Å². The summed E-state index contributed by atoms with van der Waals surface area (Å²) >= 11 is 12.4. The molecule has 3 N–H and O–H groups in total. The van der Waals surface area contributed by atoms with Gasteiger partial charge in [0.25, 0.3) is 11.8 Å². The number of carbonyl (C=O) groups excluding carboxylic acids is 2. The number of hydrogen-bond donors (Lipinski definition) is 3. The lowest BCUT2D eigenvalue weighted by Gasteiger charge is -2.20. The van der Waals surface area contributed by atoms with Crippen molar-refractivity contribution in [3.05, 3.63) is 63.4 Å². The van der Waals surface area contributed by atoms with Crippen LogP contribution >= 0.6 is 23.2 Å². The lowest BCUT2D eigenvalue weighted by Crippen LogP contribution is -2.34. The van der Waals surface area contributed by atoms with Gasteiger partial charge in [-0.25, -0.2) is 4.98 Å². The van der Waals surface area contributed by atoms with Crippen molar-refractivity contribution < 1.29 is 9.59 Å². The fourth-order valence-electron chi connectivity index (χ4n) is 3.60. The molecule has 1 aliphatic heterocycles. The number of hydrogen-bond acceptors (Lipinski definition) is 4. The van der Waals surface area contributed by atoms with Crippen molar-refractivity contribution in [1.82, 2.24) is 25.5 Å². The third-order valence-electron chi connectivity index (χ3n) is 5.31. The highest BCUT2D eigenvalue weighted by molar-refractivity contribution is 6.34. The average molecular weight is 460 g/mol. The first kappa shape index (κ1) is 21.6. The molecule has 0 radical (unpaired) electrons. The summed E-state index contributed by atoms with van der Waals surface area (Å²) in [6.45, 7) is 4.81. The highest BCUT2D eigenvalue weighted by atomic mass is 35.5. The van der Waals surface area contributed by atoms with E-state index in [1.54, 1.807) is 29.2 Å². The largest absolute Gasteiger partial charge is 0.342 e. The monoisotopic (exact) mass is 459 g/mol. The molecule has 9 heteroatoms. The second-order valence-electron chi connectivity index (χ2n) is 7.57. The van der Waals surface area contributed by atoms with Crippen molar-refractivity contribution in [3.63, 3.8) is 0 Å². The van der Waals surface area contributed by atoms with Crippen LogP contribution in [0.3, 0.4) is 0 Å². The van der Waals surface area contributed by atoms with Crippen molar-refractivity contribution in [1.29, 1.82) is 0 Å². The van der Waals surface area contributed by atoms with E-state index in [-0.39, 0.29) is 22.9 Å². The van der Waals surface area contributed by atoms with Crippen LogP contribution in [0.2, 0.25) is 10.0 Å². The van der Waals surface area contributed by atoms with E-state index in [2.05, 4.69) is 20.6 Å². The van der Waals surface area contributed by atoms with E-state index in [4.69, 9.17) is 23.2 Å². The Balaban J connectivity index is 1.46. The number of aromatic amines is 1. The number of benzene rings is 2. The summed E-state index contributed by atoms with van der Waals surface area (Å²) in [6, 6.07) is 9.79. The van der Waals surface area contributed by atoms with Crippen LogP contribution in [0.4, 0.5) is 0 Å². The van der Waals surface area contributed by atoms with Gasteiger partial charge < -0.3 is 20.5 Å². The minimum atomic E-state index is -0.358. The Bertz CT molecular complexity index is 1120. The van der Waals surface area contributed by atoms with Crippen LogP contribution in [0.25, 0.3) is 11.0 Å². The van der Waals surface area contributed by atoms with Crippen LogP contribution in [0.1, 0.15) is 45.9 Å². The maximum absolute atomic E-state index is 12.8. The number of imidazole rings is 1. The van der Waals surface area contributed by atoms with Crippen molar-refractivity contribution >= 4 is 46.0 Å². The van der Waals surface area contributed by atoms with Gasteiger partial charge in [0.05, 0.1) is 27.7 Å². The van der Waals surface area contributed by atoms with E-state index >= 15 is 0 Å². The number of halogens is 2. The second kappa shape index (κ2) is 9.26. The summed E-state index contributed by atoms with van der Waals surface area (Å²) in [4.78, 5) is 35.0. The first-order valence-electron chi connectivity index (χ1n) is 10.2. The van der Waals surface area contributed by atoms with Crippen molar-refractivity contribution in [2.75, 3.05) is 26.2 Å². The molecule has 4 rings (SSSR count). The standard InChI is InChI=1S/C22H23Cl2N5O2/c1-13(20-27-18-6-4-15(23)12-19(18)28-20)26-21(30)14-3-5-16(17(24)11-14)22(31)29-9-2-7-25-8-10-29/h3-6,11-13,25H,2,7-10H2,1H3,(H,26,30)(H,27,28). The molecule has 3 aromatic rings. The van der Waals surface area contributed by atoms with Crippen LogP contribution < -0.4 is 10.6 Å². The van der Waals surface area contributed by atoms with Crippen LogP contribution in [0, 0.1) is 0 Å². The van der Waals surface area contributed by atoms with E-state index in [0.29, 0.717) is 35.1 Å². The number of rotatable bonds is 4. The molecule has 0 aliphatic carbocycles. The smallest absolute Gasteiger partial charge is 0.255 e. The molecule has 1 atom stereocenters. The van der Waals surface area contributed by atoms with Gasteiger partial charge in [0.15, 0.2) is 0 Å². The zero-order valence-corrected chi connectivity index (χ0v) is 18.6. The van der Waals surface area contributed by atoms with E-state index in [9.17, 15) is 9.59 Å². The zero-order valence-electron chi connectivity index (χ0n) is 17.0. The van der Waals surface area contributed by atoms with Gasteiger partial charge in [-0.05, 0) is 56.3 Å². The fraction of sp³-hybridized carbons (Fsp3) is 0.318. The number of fused-ring (bicyclic) bond motifs is 1. The Hall–Kier alpha value is -2.61. The molecule has 1 unspecified atom stereocenters. The predicted molar refractivity (Wildman–Crippen MR) is 122 cm³/mol. The molecule has 2 amide bonds. The van der Waals surface area contributed by atoms with E-state index in [0.717, 1.165) is 30.5 Å². The normalized spacial score (nSPS) is 15.5. The Kier molecular flexibility index (Phi) is 6.46. The van der Waals surface area contributed by atoms with Crippen molar-refractivity contribution in [3.8, 4) is 0 Å². The fourth-order valence-corrected chi connectivity index (χ4v) is 4.04. The highest BCUT2D eigenvalue weighted by Crippen LogP contribution is 2.22. The Labute approximate surface area is 190 Å². The first-order chi connectivity index (χ1) is 14.9. The molecular weight excluding hydrogens is 437 g/mol. The molecule has 2 heterocycles. The molecule has 7 nitrogen and oxygen atoms in total. The van der Waals surface area contributed by atoms with E-state index < -0.39 is 0 Å². The number of nitrogens with zero attached hydrogens (tertiary/aromatic N) is 2. The summed E-state index contributed by atoms with van der Waals surface area (Å²) in [5.74, 6) is 0.208. The van der Waals surface area contributed by atoms with Crippen LogP contribution in [-0.2, 0) is 0 Å². The lowest BCUT2D eigenvalue weighted by molar-refractivity contribution is 0.0765. The maximum atomic E-state index is 12.8. The second-order valence-corrected chi connectivity index (χ2v) is 8.41. The summed E-state index contributed by atoms with van der Waals surface area (Å²) in [5, 5.41) is 7.05.